The Bertz CT molecular complexity index is 761. The van der Waals surface area contributed by atoms with Crippen molar-refractivity contribution in [3.05, 3.63) is 52.3 Å². The van der Waals surface area contributed by atoms with Crippen molar-refractivity contribution in [2.75, 3.05) is 13.2 Å². The summed E-state index contributed by atoms with van der Waals surface area (Å²) in [5.74, 6) is 0. The van der Waals surface area contributed by atoms with Crippen molar-refractivity contribution in [1.29, 1.82) is 0 Å². The van der Waals surface area contributed by atoms with E-state index in [9.17, 15) is 4.79 Å². The molecule has 2 heterocycles. The first kappa shape index (κ1) is 17.8. The number of rotatable bonds is 3. The molecule has 1 aliphatic rings. The van der Waals surface area contributed by atoms with Gasteiger partial charge in [-0.05, 0) is 37.6 Å². The van der Waals surface area contributed by atoms with Gasteiger partial charge in [-0.1, -0.05) is 23.7 Å². The predicted molar refractivity (Wildman–Crippen MR) is 96.5 cm³/mol. The Balaban J connectivity index is 1.67. The largest absolute Gasteiger partial charge is 0.370 e. The van der Waals surface area contributed by atoms with Crippen LogP contribution in [0.1, 0.15) is 30.0 Å². The minimum atomic E-state index is -0.183. The highest BCUT2D eigenvalue weighted by molar-refractivity contribution is 6.30. The van der Waals surface area contributed by atoms with Gasteiger partial charge < -0.3 is 15.0 Å². The zero-order chi connectivity index (χ0) is 18.0. The fraction of sp³-hybridized carbons (Fsp3) is 0.444. The number of carbonyl (C=O) groups is 1. The maximum Gasteiger partial charge on any atom is 0.318 e. The second-order valence-corrected chi connectivity index (χ2v) is 6.78. The Kier molecular flexibility index (Phi) is 5.30. The zero-order valence-electron chi connectivity index (χ0n) is 14.7. The van der Waals surface area contributed by atoms with Gasteiger partial charge in [0.1, 0.15) is 6.10 Å². The molecule has 0 saturated carbocycles. The van der Waals surface area contributed by atoms with Crippen LogP contribution in [0.4, 0.5) is 4.79 Å². The number of benzene rings is 1. The van der Waals surface area contributed by atoms with E-state index in [1.54, 1.807) is 4.68 Å². The Hall–Kier alpha value is -2.05. The summed E-state index contributed by atoms with van der Waals surface area (Å²) in [6.45, 7) is 5.44. The lowest BCUT2D eigenvalue weighted by Crippen LogP contribution is -2.52. The van der Waals surface area contributed by atoms with E-state index in [1.165, 1.54) is 0 Å². The van der Waals surface area contributed by atoms with E-state index in [-0.39, 0.29) is 18.2 Å². The standard InChI is InChI=1S/C18H23ClN4O2/c1-12-9-16(22(3)21-12)11-20-18(24)23-7-8-25-17(13(23)2)14-5-4-6-15(19)10-14/h4-6,9-10,13,17H,7-8,11H2,1-3H3,(H,20,24)/t13-,17+/m1/s1. The number of aromatic nitrogens is 2. The molecule has 1 aromatic carbocycles. The van der Waals surface area contributed by atoms with Crippen molar-refractivity contribution in [2.24, 2.45) is 7.05 Å². The van der Waals surface area contributed by atoms with Crippen LogP contribution >= 0.6 is 11.6 Å². The Morgan fingerprint density at radius 1 is 1.44 bits per heavy atom. The van der Waals surface area contributed by atoms with Crippen LogP contribution in [-0.2, 0) is 18.3 Å². The number of hydrogen-bond donors (Lipinski definition) is 1. The molecule has 0 bridgehead atoms. The molecule has 1 aliphatic heterocycles. The van der Waals surface area contributed by atoms with Crippen LogP contribution in [0.2, 0.25) is 5.02 Å². The number of hydrogen-bond acceptors (Lipinski definition) is 3. The summed E-state index contributed by atoms with van der Waals surface area (Å²) >= 11 is 6.09. The molecule has 0 unspecified atom stereocenters. The summed E-state index contributed by atoms with van der Waals surface area (Å²) in [6, 6.07) is 9.39. The predicted octanol–water partition coefficient (Wildman–Crippen LogP) is 3.05. The summed E-state index contributed by atoms with van der Waals surface area (Å²) in [4.78, 5) is 14.5. The van der Waals surface area contributed by atoms with Crippen molar-refractivity contribution in [3.63, 3.8) is 0 Å². The normalized spacial score (nSPS) is 20.6. The highest BCUT2D eigenvalue weighted by Crippen LogP contribution is 2.29. The minimum absolute atomic E-state index is 0.0829. The number of urea groups is 1. The number of nitrogens with one attached hydrogen (secondary N) is 1. The second-order valence-electron chi connectivity index (χ2n) is 6.34. The van der Waals surface area contributed by atoms with Crippen LogP contribution in [0, 0.1) is 6.92 Å². The molecule has 25 heavy (non-hydrogen) atoms. The van der Waals surface area contributed by atoms with Crippen LogP contribution in [-0.4, -0.2) is 39.9 Å². The van der Waals surface area contributed by atoms with Crippen LogP contribution in [0.15, 0.2) is 30.3 Å². The first-order valence-electron chi connectivity index (χ1n) is 8.37. The molecular weight excluding hydrogens is 340 g/mol. The third-order valence-corrected chi connectivity index (χ3v) is 4.75. The molecule has 1 fully saturated rings. The molecule has 2 atom stereocenters. The van der Waals surface area contributed by atoms with Crippen molar-refractivity contribution < 1.29 is 9.53 Å². The molecule has 2 amide bonds. The van der Waals surface area contributed by atoms with E-state index < -0.39 is 0 Å². The Morgan fingerprint density at radius 2 is 2.24 bits per heavy atom. The number of carbonyl (C=O) groups excluding carboxylic acids is 1. The van der Waals surface area contributed by atoms with Crippen molar-refractivity contribution in [2.45, 2.75) is 32.5 Å². The van der Waals surface area contributed by atoms with Gasteiger partial charge in [0.05, 0.1) is 30.6 Å². The summed E-state index contributed by atoms with van der Waals surface area (Å²) in [5, 5.41) is 7.94. The second kappa shape index (κ2) is 7.45. The fourth-order valence-corrected chi connectivity index (χ4v) is 3.43. The number of halogens is 1. The van der Waals surface area contributed by atoms with Gasteiger partial charge in [0.25, 0.3) is 0 Å². The quantitative estimate of drug-likeness (QED) is 0.912. The molecule has 1 aromatic heterocycles. The van der Waals surface area contributed by atoms with Gasteiger partial charge in [0, 0.05) is 18.6 Å². The SMILES string of the molecule is Cc1cc(CNC(=O)N2CCO[C@H](c3cccc(Cl)c3)[C@H]2C)n(C)n1. The average molecular weight is 363 g/mol. The van der Waals surface area contributed by atoms with Crippen LogP contribution in [0.3, 0.4) is 0 Å². The maximum absolute atomic E-state index is 12.6. The maximum atomic E-state index is 12.6. The van der Waals surface area contributed by atoms with Gasteiger partial charge in [0.2, 0.25) is 0 Å². The molecule has 2 aromatic rings. The zero-order valence-corrected chi connectivity index (χ0v) is 15.5. The molecule has 1 saturated heterocycles. The van der Waals surface area contributed by atoms with E-state index in [2.05, 4.69) is 10.4 Å². The third-order valence-electron chi connectivity index (χ3n) is 4.52. The topological polar surface area (TPSA) is 59.4 Å². The van der Waals surface area contributed by atoms with E-state index in [4.69, 9.17) is 16.3 Å². The third kappa shape index (κ3) is 3.96. The Morgan fingerprint density at radius 3 is 2.92 bits per heavy atom. The first-order chi connectivity index (χ1) is 12.0. The van der Waals surface area contributed by atoms with Gasteiger partial charge in [-0.2, -0.15) is 5.10 Å². The van der Waals surface area contributed by atoms with Crippen molar-refractivity contribution in [1.82, 2.24) is 20.0 Å². The van der Waals surface area contributed by atoms with Crippen LogP contribution in [0.5, 0.6) is 0 Å². The van der Waals surface area contributed by atoms with Crippen LogP contribution < -0.4 is 5.32 Å². The molecule has 1 N–H and O–H groups in total. The van der Waals surface area contributed by atoms with Crippen molar-refractivity contribution >= 4 is 17.6 Å². The molecular formula is C18H23ClN4O2. The highest BCUT2D eigenvalue weighted by Gasteiger charge is 2.33. The number of morpholine rings is 1. The van der Waals surface area contributed by atoms with Gasteiger partial charge in [-0.3, -0.25) is 4.68 Å². The number of amides is 2. The minimum Gasteiger partial charge on any atom is -0.370 e. The van der Waals surface area contributed by atoms with Crippen molar-refractivity contribution in [3.8, 4) is 0 Å². The van der Waals surface area contributed by atoms with Crippen LogP contribution in [0.25, 0.3) is 0 Å². The van der Waals surface area contributed by atoms with Gasteiger partial charge in [-0.25, -0.2) is 4.79 Å². The summed E-state index contributed by atoms with van der Waals surface area (Å²) in [5.41, 5.74) is 2.89. The first-order valence-corrected chi connectivity index (χ1v) is 8.74. The van der Waals surface area contributed by atoms with E-state index in [0.29, 0.717) is 24.7 Å². The van der Waals surface area contributed by atoms with Gasteiger partial charge in [0.15, 0.2) is 0 Å². The van der Waals surface area contributed by atoms with Gasteiger partial charge >= 0.3 is 6.03 Å². The van der Waals surface area contributed by atoms with Gasteiger partial charge in [-0.15, -0.1) is 0 Å². The molecule has 0 aliphatic carbocycles. The average Bonchev–Trinajstić information content (AvgIpc) is 2.90. The molecule has 134 valence electrons. The molecule has 7 heteroatoms. The lowest BCUT2D eigenvalue weighted by atomic mass is 10.0. The lowest BCUT2D eigenvalue weighted by molar-refractivity contribution is -0.0498. The summed E-state index contributed by atoms with van der Waals surface area (Å²) in [7, 11) is 1.88. The monoisotopic (exact) mass is 362 g/mol. The number of aryl methyl sites for hydroxylation is 2. The van der Waals surface area contributed by atoms with E-state index in [1.807, 2.05) is 56.1 Å². The van der Waals surface area contributed by atoms with E-state index in [0.717, 1.165) is 17.0 Å². The fourth-order valence-electron chi connectivity index (χ4n) is 3.23. The summed E-state index contributed by atoms with van der Waals surface area (Å²) in [6.07, 6.45) is -0.183. The molecule has 6 nitrogen and oxygen atoms in total. The smallest absolute Gasteiger partial charge is 0.318 e. The number of ether oxygens (including phenoxy) is 1. The molecule has 0 spiro atoms. The van der Waals surface area contributed by atoms with E-state index >= 15 is 0 Å². The molecule has 3 rings (SSSR count). The molecule has 0 radical (unpaired) electrons. The highest BCUT2D eigenvalue weighted by atomic mass is 35.5. The summed E-state index contributed by atoms with van der Waals surface area (Å²) < 4.78 is 7.69. The number of nitrogens with zero attached hydrogens (tertiary/aromatic N) is 3. The Labute approximate surface area is 152 Å². The lowest BCUT2D eigenvalue weighted by Gasteiger charge is -2.39.